The summed E-state index contributed by atoms with van der Waals surface area (Å²) < 4.78 is 1.92. The van der Waals surface area contributed by atoms with Crippen LogP contribution >= 0.6 is 0 Å². The van der Waals surface area contributed by atoms with Crippen molar-refractivity contribution in [2.45, 2.75) is 13.8 Å². The number of aromatic carboxylic acids is 1. The third-order valence-electron chi connectivity index (χ3n) is 2.86. The molecule has 0 aliphatic rings. The molecule has 0 bridgehead atoms. The number of nitrogens with zero attached hydrogens (tertiary/aromatic N) is 1. The zero-order chi connectivity index (χ0) is 11.2. The Morgan fingerprint density at radius 3 is 2.60 bits per heavy atom. The van der Waals surface area contributed by atoms with Gasteiger partial charge >= 0.3 is 5.97 Å². The lowest BCUT2D eigenvalue weighted by Gasteiger charge is -1.98. The second kappa shape index (κ2) is 3.12. The number of carboxylic acid groups (broad SMARTS) is 1. The lowest BCUT2D eigenvalue weighted by atomic mass is 10.1. The first-order valence-corrected chi connectivity index (χ1v) is 4.81. The van der Waals surface area contributed by atoms with E-state index in [4.69, 9.17) is 5.11 Å². The Kier molecular flexibility index (Phi) is 2.03. The molecule has 1 N–H and O–H groups in total. The fourth-order valence-corrected chi connectivity index (χ4v) is 1.94. The van der Waals surface area contributed by atoms with E-state index >= 15 is 0 Å². The number of rotatable bonds is 1. The van der Waals surface area contributed by atoms with Gasteiger partial charge in [-0.2, -0.15) is 0 Å². The van der Waals surface area contributed by atoms with Gasteiger partial charge in [0, 0.05) is 23.6 Å². The van der Waals surface area contributed by atoms with Gasteiger partial charge in [-0.15, -0.1) is 0 Å². The fraction of sp³-hybridized carbons (Fsp3) is 0.250. The first-order chi connectivity index (χ1) is 7.02. The van der Waals surface area contributed by atoms with Crippen molar-refractivity contribution in [1.82, 2.24) is 4.57 Å². The first kappa shape index (κ1) is 9.77. The summed E-state index contributed by atoms with van der Waals surface area (Å²) in [6.45, 7) is 3.83. The number of carboxylic acids is 1. The predicted molar refractivity (Wildman–Crippen MR) is 59.4 cm³/mol. The number of aromatic nitrogens is 1. The van der Waals surface area contributed by atoms with Crippen molar-refractivity contribution in [3.05, 3.63) is 35.0 Å². The van der Waals surface area contributed by atoms with Gasteiger partial charge in [0.05, 0.1) is 5.56 Å². The van der Waals surface area contributed by atoms with Crippen LogP contribution in [0.15, 0.2) is 18.2 Å². The van der Waals surface area contributed by atoms with Crippen LogP contribution in [0.1, 0.15) is 21.6 Å². The fourth-order valence-electron chi connectivity index (χ4n) is 1.94. The first-order valence-electron chi connectivity index (χ1n) is 4.81. The van der Waals surface area contributed by atoms with Gasteiger partial charge in [0.25, 0.3) is 0 Å². The number of hydrogen-bond donors (Lipinski definition) is 1. The molecule has 1 heterocycles. The molecule has 0 saturated carbocycles. The van der Waals surface area contributed by atoms with Crippen molar-refractivity contribution in [3.8, 4) is 0 Å². The van der Waals surface area contributed by atoms with E-state index in [9.17, 15) is 4.79 Å². The molecule has 3 heteroatoms. The monoisotopic (exact) mass is 203 g/mol. The Morgan fingerprint density at radius 2 is 2.00 bits per heavy atom. The maximum absolute atomic E-state index is 11.1. The van der Waals surface area contributed by atoms with E-state index in [1.807, 2.05) is 43.7 Å². The van der Waals surface area contributed by atoms with Gasteiger partial charge in [-0.1, -0.05) is 12.1 Å². The summed E-state index contributed by atoms with van der Waals surface area (Å²) in [4.78, 5) is 11.1. The maximum atomic E-state index is 11.1. The van der Waals surface area contributed by atoms with Crippen LogP contribution in [0.2, 0.25) is 0 Å². The maximum Gasteiger partial charge on any atom is 0.338 e. The SMILES string of the molecule is Cc1ccc2c(C(=O)O)c(C)n(C)c2c1. The highest BCUT2D eigenvalue weighted by atomic mass is 16.4. The zero-order valence-electron chi connectivity index (χ0n) is 9.03. The van der Waals surface area contributed by atoms with Gasteiger partial charge in [0.15, 0.2) is 0 Å². The Morgan fingerprint density at radius 1 is 1.33 bits per heavy atom. The van der Waals surface area contributed by atoms with Gasteiger partial charge in [0.1, 0.15) is 0 Å². The molecule has 15 heavy (non-hydrogen) atoms. The highest BCUT2D eigenvalue weighted by Gasteiger charge is 2.17. The quantitative estimate of drug-likeness (QED) is 0.773. The highest BCUT2D eigenvalue weighted by molar-refractivity contribution is 6.05. The van der Waals surface area contributed by atoms with E-state index in [0.29, 0.717) is 5.56 Å². The van der Waals surface area contributed by atoms with Crippen LogP contribution in [0.5, 0.6) is 0 Å². The Balaban J connectivity index is 2.93. The van der Waals surface area contributed by atoms with E-state index in [0.717, 1.165) is 22.2 Å². The molecule has 0 amide bonds. The van der Waals surface area contributed by atoms with Crippen molar-refractivity contribution in [2.24, 2.45) is 7.05 Å². The Hall–Kier alpha value is -1.77. The number of benzene rings is 1. The lowest BCUT2D eigenvalue weighted by Crippen LogP contribution is -1.99. The van der Waals surface area contributed by atoms with E-state index in [-0.39, 0.29) is 0 Å². The second-order valence-electron chi connectivity index (χ2n) is 3.85. The molecule has 1 aromatic carbocycles. The number of hydrogen-bond acceptors (Lipinski definition) is 1. The molecule has 0 saturated heterocycles. The minimum Gasteiger partial charge on any atom is -0.478 e. The third-order valence-corrected chi connectivity index (χ3v) is 2.86. The number of aryl methyl sites for hydroxylation is 2. The second-order valence-corrected chi connectivity index (χ2v) is 3.85. The standard InChI is InChI=1S/C12H13NO2/c1-7-4-5-9-10(6-7)13(3)8(2)11(9)12(14)15/h4-6H,1-3H3,(H,14,15). The zero-order valence-corrected chi connectivity index (χ0v) is 9.03. The third kappa shape index (κ3) is 1.31. The molecular formula is C12H13NO2. The van der Waals surface area contributed by atoms with Crippen molar-refractivity contribution >= 4 is 16.9 Å². The summed E-state index contributed by atoms with van der Waals surface area (Å²) in [6.07, 6.45) is 0. The lowest BCUT2D eigenvalue weighted by molar-refractivity contribution is 0.0698. The molecule has 1 aromatic heterocycles. The summed E-state index contributed by atoms with van der Waals surface area (Å²) >= 11 is 0. The van der Waals surface area contributed by atoms with Gasteiger partial charge in [-0.3, -0.25) is 0 Å². The largest absolute Gasteiger partial charge is 0.478 e. The molecule has 0 unspecified atom stereocenters. The van der Waals surface area contributed by atoms with Gasteiger partial charge in [-0.25, -0.2) is 4.79 Å². The molecule has 0 spiro atoms. The molecule has 0 aliphatic carbocycles. The van der Waals surface area contributed by atoms with Gasteiger partial charge in [0.2, 0.25) is 0 Å². The van der Waals surface area contributed by atoms with Crippen molar-refractivity contribution < 1.29 is 9.90 Å². The van der Waals surface area contributed by atoms with E-state index in [2.05, 4.69) is 0 Å². The van der Waals surface area contributed by atoms with Crippen LogP contribution in [0.25, 0.3) is 10.9 Å². The molecule has 2 aromatic rings. The van der Waals surface area contributed by atoms with Crippen LogP contribution < -0.4 is 0 Å². The number of carbonyl (C=O) groups is 1. The molecular weight excluding hydrogens is 190 g/mol. The minimum absolute atomic E-state index is 0.410. The molecule has 0 fully saturated rings. The van der Waals surface area contributed by atoms with Crippen LogP contribution in [-0.4, -0.2) is 15.6 Å². The smallest absolute Gasteiger partial charge is 0.338 e. The van der Waals surface area contributed by atoms with E-state index in [1.165, 1.54) is 0 Å². The summed E-state index contributed by atoms with van der Waals surface area (Å²) in [6, 6.07) is 5.82. The topological polar surface area (TPSA) is 42.2 Å². The van der Waals surface area contributed by atoms with Crippen LogP contribution in [-0.2, 0) is 7.05 Å². The average Bonchev–Trinajstić information content (AvgIpc) is 2.41. The molecule has 2 rings (SSSR count). The Bertz CT molecular complexity index is 552. The van der Waals surface area contributed by atoms with Crippen LogP contribution in [0, 0.1) is 13.8 Å². The minimum atomic E-state index is -0.859. The normalized spacial score (nSPS) is 10.9. The summed E-state index contributed by atoms with van der Waals surface area (Å²) in [5.74, 6) is -0.859. The summed E-state index contributed by atoms with van der Waals surface area (Å²) in [7, 11) is 1.89. The molecule has 78 valence electrons. The van der Waals surface area contributed by atoms with Crippen LogP contribution in [0.4, 0.5) is 0 Å². The van der Waals surface area contributed by atoms with Gasteiger partial charge < -0.3 is 9.67 Å². The van der Waals surface area contributed by atoms with E-state index < -0.39 is 5.97 Å². The van der Waals surface area contributed by atoms with Crippen molar-refractivity contribution in [3.63, 3.8) is 0 Å². The number of fused-ring (bicyclic) bond motifs is 1. The van der Waals surface area contributed by atoms with Crippen molar-refractivity contribution in [1.29, 1.82) is 0 Å². The summed E-state index contributed by atoms with van der Waals surface area (Å²) in [5, 5.41) is 9.95. The average molecular weight is 203 g/mol. The van der Waals surface area contributed by atoms with E-state index in [1.54, 1.807) is 0 Å². The van der Waals surface area contributed by atoms with Gasteiger partial charge in [-0.05, 0) is 25.5 Å². The molecule has 3 nitrogen and oxygen atoms in total. The molecule has 0 aliphatic heterocycles. The van der Waals surface area contributed by atoms with Crippen LogP contribution in [0.3, 0.4) is 0 Å². The summed E-state index contributed by atoms with van der Waals surface area (Å²) in [5.41, 5.74) is 3.32. The predicted octanol–water partition coefficient (Wildman–Crippen LogP) is 2.49. The molecule has 0 radical (unpaired) electrons. The Labute approximate surface area is 87.9 Å². The molecule has 0 atom stereocenters. The highest BCUT2D eigenvalue weighted by Crippen LogP contribution is 2.25. The van der Waals surface area contributed by atoms with Crippen molar-refractivity contribution in [2.75, 3.05) is 0 Å².